The Bertz CT molecular complexity index is 410. The van der Waals surface area contributed by atoms with Crippen LogP contribution in [-0.2, 0) is 4.74 Å². The Labute approximate surface area is 102 Å². The summed E-state index contributed by atoms with van der Waals surface area (Å²) in [5, 5.41) is 0. The molecule has 2 rings (SSSR count). The van der Waals surface area contributed by atoms with Crippen molar-refractivity contribution < 1.29 is 9.53 Å². The molecular weight excluding hydrogens is 216 g/mol. The molecule has 92 valence electrons. The van der Waals surface area contributed by atoms with Gasteiger partial charge in [0.25, 0.3) is 0 Å². The lowest BCUT2D eigenvalue weighted by Gasteiger charge is -2.36. The van der Waals surface area contributed by atoms with E-state index in [0.717, 1.165) is 18.9 Å². The first-order valence-electron chi connectivity index (χ1n) is 5.93. The zero-order chi connectivity index (χ0) is 12.4. The minimum atomic E-state index is 0.0722. The van der Waals surface area contributed by atoms with Crippen molar-refractivity contribution in [3.8, 4) is 0 Å². The number of aromatic nitrogens is 1. The van der Waals surface area contributed by atoms with Gasteiger partial charge < -0.3 is 9.64 Å². The molecule has 1 aliphatic rings. The van der Waals surface area contributed by atoms with Crippen LogP contribution >= 0.6 is 0 Å². The molecule has 4 heteroatoms. The standard InChI is InChI=1S/C13H18N2O2/c1-9-7-15(8-10(2)17-9)13-6-12(11(3)16)4-5-14-13/h4-6,9-10H,7-8H2,1-3H3/t9-,10+. The van der Waals surface area contributed by atoms with E-state index in [4.69, 9.17) is 4.74 Å². The van der Waals surface area contributed by atoms with Crippen LogP contribution in [0.3, 0.4) is 0 Å². The van der Waals surface area contributed by atoms with Crippen LogP contribution in [0.2, 0.25) is 0 Å². The second-order valence-corrected chi connectivity index (χ2v) is 4.62. The van der Waals surface area contributed by atoms with E-state index in [0.29, 0.717) is 5.56 Å². The first-order chi connectivity index (χ1) is 8.06. The second kappa shape index (κ2) is 4.84. The quantitative estimate of drug-likeness (QED) is 0.733. The first kappa shape index (κ1) is 12.0. The van der Waals surface area contributed by atoms with E-state index >= 15 is 0 Å². The van der Waals surface area contributed by atoms with Crippen LogP contribution in [0, 0.1) is 0 Å². The number of carbonyl (C=O) groups excluding carboxylic acids is 1. The van der Waals surface area contributed by atoms with Gasteiger partial charge in [-0.3, -0.25) is 4.79 Å². The molecule has 0 amide bonds. The monoisotopic (exact) mass is 234 g/mol. The fraction of sp³-hybridized carbons (Fsp3) is 0.538. The van der Waals surface area contributed by atoms with E-state index in [1.807, 2.05) is 6.07 Å². The molecule has 0 aliphatic carbocycles. The van der Waals surface area contributed by atoms with Gasteiger partial charge in [0.05, 0.1) is 12.2 Å². The number of hydrogen-bond acceptors (Lipinski definition) is 4. The molecule has 1 saturated heterocycles. The SMILES string of the molecule is CC(=O)c1ccnc(N2C[C@@H](C)O[C@@H](C)C2)c1. The molecule has 1 aliphatic heterocycles. The third-order valence-corrected chi connectivity index (χ3v) is 2.90. The molecule has 2 atom stereocenters. The second-order valence-electron chi connectivity index (χ2n) is 4.62. The Hall–Kier alpha value is -1.42. The molecule has 0 saturated carbocycles. The first-order valence-corrected chi connectivity index (χ1v) is 5.93. The van der Waals surface area contributed by atoms with E-state index in [1.54, 1.807) is 19.2 Å². The highest BCUT2D eigenvalue weighted by atomic mass is 16.5. The Kier molecular flexibility index (Phi) is 3.43. The predicted octanol–water partition coefficient (Wildman–Crippen LogP) is 1.90. The van der Waals surface area contributed by atoms with Crippen LogP contribution in [0.4, 0.5) is 5.82 Å². The lowest BCUT2D eigenvalue weighted by molar-refractivity contribution is -0.00545. The molecular formula is C13H18N2O2. The van der Waals surface area contributed by atoms with Crippen molar-refractivity contribution in [3.63, 3.8) is 0 Å². The number of pyridine rings is 1. The molecule has 1 fully saturated rings. The topological polar surface area (TPSA) is 42.4 Å². The molecule has 0 aromatic carbocycles. The molecule has 0 radical (unpaired) electrons. The largest absolute Gasteiger partial charge is 0.372 e. The van der Waals surface area contributed by atoms with E-state index < -0.39 is 0 Å². The summed E-state index contributed by atoms with van der Waals surface area (Å²) in [5.41, 5.74) is 0.710. The normalized spacial score (nSPS) is 24.8. The van der Waals surface area contributed by atoms with Crippen molar-refractivity contribution in [3.05, 3.63) is 23.9 Å². The van der Waals surface area contributed by atoms with E-state index in [1.165, 1.54) is 0 Å². The molecule has 0 unspecified atom stereocenters. The third-order valence-electron chi connectivity index (χ3n) is 2.90. The Morgan fingerprint density at radius 2 is 2.06 bits per heavy atom. The fourth-order valence-corrected chi connectivity index (χ4v) is 2.18. The van der Waals surface area contributed by atoms with Gasteiger partial charge in [-0.1, -0.05) is 0 Å². The fourth-order valence-electron chi connectivity index (χ4n) is 2.18. The molecule has 2 heterocycles. The number of morpholine rings is 1. The number of hydrogen-bond donors (Lipinski definition) is 0. The van der Waals surface area contributed by atoms with Gasteiger partial charge in [-0.25, -0.2) is 4.98 Å². The minimum absolute atomic E-state index is 0.0722. The van der Waals surface area contributed by atoms with Crippen LogP contribution < -0.4 is 4.90 Å². The van der Waals surface area contributed by atoms with Crippen molar-refractivity contribution in [1.29, 1.82) is 0 Å². The van der Waals surface area contributed by atoms with Crippen molar-refractivity contribution in [2.75, 3.05) is 18.0 Å². The van der Waals surface area contributed by atoms with Gasteiger partial charge >= 0.3 is 0 Å². The number of ether oxygens (including phenoxy) is 1. The summed E-state index contributed by atoms with van der Waals surface area (Å²) >= 11 is 0. The smallest absolute Gasteiger partial charge is 0.159 e. The van der Waals surface area contributed by atoms with Crippen molar-refractivity contribution >= 4 is 11.6 Å². The highest BCUT2D eigenvalue weighted by molar-refractivity contribution is 5.94. The summed E-state index contributed by atoms with van der Waals surface area (Å²) < 4.78 is 5.68. The number of rotatable bonds is 2. The molecule has 4 nitrogen and oxygen atoms in total. The molecule has 17 heavy (non-hydrogen) atoms. The predicted molar refractivity (Wildman–Crippen MR) is 66.5 cm³/mol. The number of anilines is 1. The lowest BCUT2D eigenvalue weighted by atomic mass is 10.1. The van der Waals surface area contributed by atoms with Crippen molar-refractivity contribution in [1.82, 2.24) is 4.98 Å². The van der Waals surface area contributed by atoms with Crippen LogP contribution in [0.5, 0.6) is 0 Å². The van der Waals surface area contributed by atoms with E-state index in [9.17, 15) is 4.79 Å². The average Bonchev–Trinajstić information content (AvgIpc) is 2.28. The van der Waals surface area contributed by atoms with E-state index in [2.05, 4.69) is 23.7 Å². The number of nitrogens with zero attached hydrogens (tertiary/aromatic N) is 2. The van der Waals surface area contributed by atoms with Crippen molar-refractivity contribution in [2.45, 2.75) is 33.0 Å². The zero-order valence-electron chi connectivity index (χ0n) is 10.5. The summed E-state index contributed by atoms with van der Waals surface area (Å²) in [6.45, 7) is 7.32. The number of carbonyl (C=O) groups is 1. The Morgan fingerprint density at radius 1 is 1.41 bits per heavy atom. The molecule has 1 aromatic rings. The maximum Gasteiger partial charge on any atom is 0.159 e. The Balaban J connectivity index is 2.21. The van der Waals surface area contributed by atoms with Crippen molar-refractivity contribution in [2.24, 2.45) is 0 Å². The van der Waals surface area contributed by atoms with Gasteiger partial charge in [0.2, 0.25) is 0 Å². The molecule has 0 N–H and O–H groups in total. The van der Waals surface area contributed by atoms with Crippen LogP contribution in [-0.4, -0.2) is 36.1 Å². The van der Waals surface area contributed by atoms with Gasteiger partial charge in [0.1, 0.15) is 5.82 Å². The third kappa shape index (κ3) is 2.82. The number of Topliss-reactive ketones (excluding diaryl/α,β-unsaturated/α-hetero) is 1. The van der Waals surface area contributed by atoms with Crippen LogP contribution in [0.15, 0.2) is 18.3 Å². The van der Waals surface area contributed by atoms with Crippen LogP contribution in [0.1, 0.15) is 31.1 Å². The van der Waals surface area contributed by atoms with Gasteiger partial charge in [-0.05, 0) is 32.9 Å². The molecule has 0 bridgehead atoms. The summed E-state index contributed by atoms with van der Waals surface area (Å²) in [4.78, 5) is 17.8. The van der Waals surface area contributed by atoms with Gasteiger partial charge in [0.15, 0.2) is 5.78 Å². The summed E-state index contributed by atoms with van der Waals surface area (Å²) in [6, 6.07) is 3.60. The summed E-state index contributed by atoms with van der Waals surface area (Å²) in [7, 11) is 0. The highest BCUT2D eigenvalue weighted by Crippen LogP contribution is 2.19. The maximum absolute atomic E-state index is 11.3. The van der Waals surface area contributed by atoms with Crippen LogP contribution in [0.25, 0.3) is 0 Å². The highest BCUT2D eigenvalue weighted by Gasteiger charge is 2.23. The molecule has 0 spiro atoms. The van der Waals surface area contributed by atoms with Gasteiger partial charge in [-0.15, -0.1) is 0 Å². The average molecular weight is 234 g/mol. The van der Waals surface area contributed by atoms with Gasteiger partial charge in [-0.2, -0.15) is 0 Å². The summed E-state index contributed by atoms with van der Waals surface area (Å²) in [5.74, 6) is 0.933. The minimum Gasteiger partial charge on any atom is -0.372 e. The maximum atomic E-state index is 11.3. The van der Waals surface area contributed by atoms with E-state index in [-0.39, 0.29) is 18.0 Å². The number of ketones is 1. The summed E-state index contributed by atoms with van der Waals surface area (Å²) in [6.07, 6.45) is 2.08. The Morgan fingerprint density at radius 3 is 2.65 bits per heavy atom. The lowest BCUT2D eigenvalue weighted by Crippen LogP contribution is -2.45. The molecule has 1 aromatic heterocycles. The van der Waals surface area contributed by atoms with Gasteiger partial charge in [0, 0.05) is 24.8 Å². The zero-order valence-corrected chi connectivity index (χ0v) is 10.5.